The second-order valence-electron chi connectivity index (χ2n) is 6.79. The number of anilines is 1. The molecule has 0 saturated heterocycles. The molecule has 0 saturated carbocycles. The Morgan fingerprint density at radius 2 is 1.96 bits per heavy atom. The Morgan fingerprint density at radius 3 is 2.70 bits per heavy atom. The van der Waals surface area contributed by atoms with Gasteiger partial charge in [0.15, 0.2) is 17.6 Å². The quantitative estimate of drug-likeness (QED) is 0.708. The van der Waals surface area contributed by atoms with Crippen LogP contribution in [0.15, 0.2) is 36.5 Å². The minimum Gasteiger partial charge on any atom is -0.486 e. The average molecular weight is 365 g/mol. The minimum absolute atomic E-state index is 0.0842. The molecular formula is C20H23N5O2. The second kappa shape index (κ2) is 6.90. The lowest BCUT2D eigenvalue weighted by atomic mass is 10.1. The van der Waals surface area contributed by atoms with Crippen LogP contribution in [0.1, 0.15) is 11.4 Å². The van der Waals surface area contributed by atoms with E-state index in [1.807, 2.05) is 67.9 Å². The number of nitrogens with zero attached hydrogens (tertiary/aromatic N) is 5. The Balaban J connectivity index is 1.52. The molecule has 4 rings (SSSR count). The Bertz CT molecular complexity index is 969. The van der Waals surface area contributed by atoms with Crippen molar-refractivity contribution in [3.05, 3.63) is 47.9 Å². The number of ether oxygens (including phenoxy) is 2. The van der Waals surface area contributed by atoms with Gasteiger partial charge in [-0.05, 0) is 32.0 Å². The normalized spacial score (nSPS) is 15.6. The fourth-order valence-corrected chi connectivity index (χ4v) is 3.36. The van der Waals surface area contributed by atoms with Crippen LogP contribution in [-0.2, 0) is 7.05 Å². The van der Waals surface area contributed by atoms with E-state index >= 15 is 0 Å². The summed E-state index contributed by atoms with van der Waals surface area (Å²) in [4.78, 5) is 11.2. The number of aromatic nitrogens is 4. The smallest absolute Gasteiger partial charge is 0.225 e. The van der Waals surface area contributed by atoms with Gasteiger partial charge in [0, 0.05) is 31.5 Å². The summed E-state index contributed by atoms with van der Waals surface area (Å²) in [5.74, 6) is 2.22. The number of rotatable bonds is 4. The number of fused-ring (bicyclic) bond motifs is 1. The van der Waals surface area contributed by atoms with Crippen LogP contribution >= 0.6 is 0 Å². The van der Waals surface area contributed by atoms with Gasteiger partial charge in [-0.25, -0.2) is 9.97 Å². The molecule has 1 unspecified atom stereocenters. The first-order valence-corrected chi connectivity index (χ1v) is 8.96. The number of hydrogen-bond donors (Lipinski definition) is 0. The van der Waals surface area contributed by atoms with E-state index in [9.17, 15) is 0 Å². The zero-order chi connectivity index (χ0) is 19.0. The van der Waals surface area contributed by atoms with E-state index in [-0.39, 0.29) is 6.10 Å². The number of benzene rings is 1. The Hall–Kier alpha value is -3.09. The molecule has 0 bridgehead atoms. The van der Waals surface area contributed by atoms with Gasteiger partial charge in [0.1, 0.15) is 6.61 Å². The Labute approximate surface area is 158 Å². The van der Waals surface area contributed by atoms with Gasteiger partial charge in [-0.15, -0.1) is 0 Å². The lowest BCUT2D eigenvalue weighted by Gasteiger charge is -2.29. The fraction of sp³-hybridized carbons (Fsp3) is 0.350. The maximum Gasteiger partial charge on any atom is 0.225 e. The minimum atomic E-state index is -0.0842. The monoisotopic (exact) mass is 365 g/mol. The molecule has 0 spiro atoms. The van der Waals surface area contributed by atoms with E-state index in [0.717, 1.165) is 34.1 Å². The highest BCUT2D eigenvalue weighted by molar-refractivity contribution is 5.65. The van der Waals surface area contributed by atoms with Crippen LogP contribution in [0.25, 0.3) is 11.3 Å². The molecule has 3 aromatic rings. The van der Waals surface area contributed by atoms with E-state index in [2.05, 4.69) is 10.1 Å². The largest absolute Gasteiger partial charge is 0.486 e. The summed E-state index contributed by atoms with van der Waals surface area (Å²) in [5.41, 5.74) is 3.98. The van der Waals surface area contributed by atoms with Crippen LogP contribution in [0.2, 0.25) is 0 Å². The lowest BCUT2D eigenvalue weighted by Crippen LogP contribution is -2.40. The van der Waals surface area contributed by atoms with Gasteiger partial charge in [0.2, 0.25) is 5.95 Å². The first-order valence-electron chi connectivity index (χ1n) is 8.96. The molecule has 0 aliphatic carbocycles. The summed E-state index contributed by atoms with van der Waals surface area (Å²) < 4.78 is 13.7. The predicted molar refractivity (Wildman–Crippen MR) is 103 cm³/mol. The number of hydrogen-bond acceptors (Lipinski definition) is 6. The van der Waals surface area contributed by atoms with Gasteiger partial charge in [-0.3, -0.25) is 4.68 Å². The fourth-order valence-electron chi connectivity index (χ4n) is 3.36. The summed E-state index contributed by atoms with van der Waals surface area (Å²) in [6.07, 6.45) is 1.70. The third-order valence-corrected chi connectivity index (χ3v) is 4.79. The third-order valence-electron chi connectivity index (χ3n) is 4.79. The standard InChI is InChI=1S/C20H23N5O2/c1-13-19(14(2)25(4)23-13)16-9-10-21-20(22-16)24(3)11-15-12-26-17-7-5-6-8-18(17)27-15/h5-10,15H,11-12H2,1-4H3. The number of aryl methyl sites for hydroxylation is 2. The van der Waals surface area contributed by atoms with Crippen molar-refractivity contribution in [3.63, 3.8) is 0 Å². The molecule has 2 aromatic heterocycles. The van der Waals surface area contributed by atoms with Crippen molar-refractivity contribution in [3.8, 4) is 22.8 Å². The summed E-state index contributed by atoms with van der Waals surface area (Å²) in [5, 5.41) is 4.48. The van der Waals surface area contributed by atoms with E-state index < -0.39 is 0 Å². The molecule has 7 heteroatoms. The van der Waals surface area contributed by atoms with Crippen LogP contribution in [0.3, 0.4) is 0 Å². The third kappa shape index (κ3) is 3.32. The van der Waals surface area contributed by atoms with Crippen molar-refractivity contribution in [2.75, 3.05) is 25.1 Å². The number of para-hydroxylation sites is 2. The molecule has 1 aliphatic rings. The van der Waals surface area contributed by atoms with Crippen LogP contribution in [0.4, 0.5) is 5.95 Å². The highest BCUT2D eigenvalue weighted by Gasteiger charge is 2.23. The van der Waals surface area contributed by atoms with Crippen molar-refractivity contribution in [1.82, 2.24) is 19.7 Å². The van der Waals surface area contributed by atoms with Crippen molar-refractivity contribution < 1.29 is 9.47 Å². The zero-order valence-corrected chi connectivity index (χ0v) is 16.0. The Morgan fingerprint density at radius 1 is 1.19 bits per heavy atom. The lowest BCUT2D eigenvalue weighted by molar-refractivity contribution is 0.0958. The molecule has 3 heterocycles. The van der Waals surface area contributed by atoms with Crippen LogP contribution in [0, 0.1) is 13.8 Å². The average Bonchev–Trinajstić information content (AvgIpc) is 2.93. The highest BCUT2D eigenvalue weighted by Crippen LogP contribution is 2.31. The van der Waals surface area contributed by atoms with Gasteiger partial charge in [0.05, 0.1) is 17.9 Å². The van der Waals surface area contributed by atoms with Crippen LogP contribution < -0.4 is 14.4 Å². The first-order chi connectivity index (χ1) is 13.0. The molecule has 1 aliphatic heterocycles. The molecule has 0 radical (unpaired) electrons. The zero-order valence-electron chi connectivity index (χ0n) is 16.0. The molecule has 0 N–H and O–H groups in total. The molecule has 0 fully saturated rings. The van der Waals surface area contributed by atoms with E-state index in [4.69, 9.17) is 14.5 Å². The summed E-state index contributed by atoms with van der Waals surface area (Å²) in [7, 11) is 3.91. The van der Waals surface area contributed by atoms with E-state index in [0.29, 0.717) is 19.1 Å². The van der Waals surface area contributed by atoms with Crippen molar-refractivity contribution in [2.24, 2.45) is 7.05 Å². The van der Waals surface area contributed by atoms with E-state index in [1.165, 1.54) is 0 Å². The van der Waals surface area contributed by atoms with Crippen molar-refractivity contribution in [2.45, 2.75) is 20.0 Å². The molecule has 7 nitrogen and oxygen atoms in total. The molecular weight excluding hydrogens is 342 g/mol. The topological polar surface area (TPSA) is 65.3 Å². The maximum absolute atomic E-state index is 6.04. The maximum atomic E-state index is 6.04. The van der Waals surface area contributed by atoms with Crippen molar-refractivity contribution >= 4 is 5.95 Å². The van der Waals surface area contributed by atoms with Crippen LogP contribution in [0.5, 0.6) is 11.5 Å². The molecule has 0 amide bonds. The van der Waals surface area contributed by atoms with Crippen molar-refractivity contribution in [1.29, 1.82) is 0 Å². The Kier molecular flexibility index (Phi) is 4.43. The molecule has 140 valence electrons. The SMILES string of the molecule is Cc1nn(C)c(C)c1-c1ccnc(N(C)CC2COc3ccccc3O2)n1. The summed E-state index contributed by atoms with van der Waals surface area (Å²) in [6, 6.07) is 9.65. The summed E-state index contributed by atoms with van der Waals surface area (Å²) >= 11 is 0. The van der Waals surface area contributed by atoms with Gasteiger partial charge in [0.25, 0.3) is 0 Å². The molecule has 27 heavy (non-hydrogen) atoms. The highest BCUT2D eigenvalue weighted by atomic mass is 16.6. The second-order valence-corrected chi connectivity index (χ2v) is 6.79. The van der Waals surface area contributed by atoms with Gasteiger partial charge in [-0.2, -0.15) is 5.10 Å². The summed E-state index contributed by atoms with van der Waals surface area (Å²) in [6.45, 7) is 5.18. The van der Waals surface area contributed by atoms with Gasteiger partial charge >= 0.3 is 0 Å². The van der Waals surface area contributed by atoms with E-state index in [1.54, 1.807) is 6.20 Å². The van der Waals surface area contributed by atoms with Crippen LogP contribution in [-0.4, -0.2) is 46.1 Å². The van der Waals surface area contributed by atoms with Gasteiger partial charge in [-0.1, -0.05) is 12.1 Å². The molecule has 1 aromatic carbocycles. The molecule has 1 atom stereocenters. The van der Waals surface area contributed by atoms with Gasteiger partial charge < -0.3 is 14.4 Å². The predicted octanol–water partition coefficient (Wildman–Crippen LogP) is 2.77. The number of likely N-dealkylation sites (N-methyl/N-ethyl adjacent to an activating group) is 1. The first kappa shape index (κ1) is 17.3.